The van der Waals surface area contributed by atoms with Gasteiger partial charge in [-0.2, -0.15) is 0 Å². The number of hydrogen-bond donors (Lipinski definition) is 1. The van der Waals surface area contributed by atoms with Crippen molar-refractivity contribution in [3.63, 3.8) is 0 Å². The number of aromatic nitrogens is 1. The summed E-state index contributed by atoms with van der Waals surface area (Å²) in [7, 11) is 0. The van der Waals surface area contributed by atoms with E-state index in [1.807, 2.05) is 43.5 Å². The zero-order valence-electron chi connectivity index (χ0n) is 20.3. The summed E-state index contributed by atoms with van der Waals surface area (Å²) in [6.07, 6.45) is 5.97. The van der Waals surface area contributed by atoms with Crippen LogP contribution >= 0.6 is 0 Å². The highest BCUT2D eigenvalue weighted by molar-refractivity contribution is 5.71. The summed E-state index contributed by atoms with van der Waals surface area (Å²) >= 11 is 0. The van der Waals surface area contributed by atoms with Crippen molar-refractivity contribution < 1.29 is 14.6 Å². The number of carbonyl (C=O) groups is 1. The molecule has 1 unspecified atom stereocenters. The Hall–Kier alpha value is -3.12. The van der Waals surface area contributed by atoms with Gasteiger partial charge >= 0.3 is 6.09 Å². The number of nitrogens with zero attached hydrogens (tertiary/aromatic N) is 2. The molecule has 6 heteroatoms. The smallest absolute Gasteiger partial charge is 0.411 e. The Labute approximate surface area is 201 Å². The van der Waals surface area contributed by atoms with Gasteiger partial charge in [-0.1, -0.05) is 43.5 Å². The summed E-state index contributed by atoms with van der Waals surface area (Å²) in [5, 5.41) is 10.4. The molecule has 0 spiro atoms. The monoisotopic (exact) mass is 462 g/mol. The second-order valence-electron chi connectivity index (χ2n) is 10.2. The predicted octanol–water partition coefficient (Wildman–Crippen LogP) is 5.40. The number of carbonyl (C=O) groups excluding carboxylic acids is 1. The van der Waals surface area contributed by atoms with E-state index in [-0.39, 0.29) is 18.0 Å². The molecule has 2 atom stereocenters. The maximum absolute atomic E-state index is 13.1. The number of aliphatic hydroxyl groups is 1. The Morgan fingerprint density at radius 3 is 2.44 bits per heavy atom. The fourth-order valence-corrected chi connectivity index (χ4v) is 4.83. The van der Waals surface area contributed by atoms with E-state index in [9.17, 15) is 14.7 Å². The van der Waals surface area contributed by atoms with Crippen LogP contribution in [0.4, 0.5) is 4.79 Å². The molecule has 2 aliphatic rings. The number of ether oxygens (including phenoxy) is 1. The Morgan fingerprint density at radius 2 is 1.91 bits per heavy atom. The first-order valence-corrected chi connectivity index (χ1v) is 11.9. The largest absolute Gasteiger partial charge is 0.438 e. The summed E-state index contributed by atoms with van der Waals surface area (Å²) in [6.45, 7) is 13.7. The van der Waals surface area contributed by atoms with Gasteiger partial charge in [-0.05, 0) is 61.9 Å². The fourth-order valence-electron chi connectivity index (χ4n) is 4.83. The molecule has 2 fully saturated rings. The van der Waals surface area contributed by atoms with Crippen LogP contribution in [-0.2, 0) is 4.74 Å². The predicted molar refractivity (Wildman–Crippen MR) is 134 cm³/mol. The van der Waals surface area contributed by atoms with Gasteiger partial charge in [0.05, 0.1) is 11.6 Å². The SMILES string of the molecule is C=CC(=C)[C@@]1(CC(C)(C)O)CCN(C(C)c2ccc(-c3ccn(C4CC4)c(=O)c3)cc2)C(=O)O1. The molecule has 180 valence electrons. The number of benzene rings is 1. The first kappa shape index (κ1) is 24.0. The molecule has 1 aliphatic heterocycles. The number of cyclic esters (lactones) is 1. The molecule has 1 aromatic heterocycles. The third-order valence-corrected chi connectivity index (χ3v) is 6.91. The third kappa shape index (κ3) is 4.87. The van der Waals surface area contributed by atoms with Crippen molar-refractivity contribution in [3.8, 4) is 11.1 Å². The summed E-state index contributed by atoms with van der Waals surface area (Å²) in [6, 6.07) is 11.8. The number of hydrogen-bond acceptors (Lipinski definition) is 4. The molecule has 1 aromatic carbocycles. The first-order chi connectivity index (χ1) is 16.0. The van der Waals surface area contributed by atoms with Gasteiger partial charge in [-0.25, -0.2) is 4.79 Å². The van der Waals surface area contributed by atoms with Crippen LogP contribution in [0.5, 0.6) is 0 Å². The zero-order chi connectivity index (χ0) is 24.7. The lowest BCUT2D eigenvalue weighted by Gasteiger charge is -2.45. The van der Waals surface area contributed by atoms with Gasteiger partial charge in [-0.3, -0.25) is 4.79 Å². The minimum atomic E-state index is -1.02. The zero-order valence-corrected chi connectivity index (χ0v) is 20.3. The van der Waals surface area contributed by atoms with Crippen molar-refractivity contribution in [2.45, 2.75) is 69.7 Å². The standard InChI is InChI=1S/C28H34N2O4/c1-6-19(2)28(18-27(4,5)33)14-16-29(26(32)34-28)20(3)21-7-9-22(10-8-21)23-13-15-30(24-11-12-24)25(31)17-23/h6-10,13,15,17,20,24,33H,1-2,11-12,14,16,18H2,3-5H3/t20?,28-/m0/s1. The Balaban J connectivity index is 1.49. The molecule has 1 N–H and O–H groups in total. The van der Waals surface area contributed by atoms with Gasteiger partial charge in [0, 0.05) is 37.7 Å². The van der Waals surface area contributed by atoms with E-state index in [0.717, 1.165) is 29.5 Å². The summed E-state index contributed by atoms with van der Waals surface area (Å²) in [5.41, 5.74) is 1.48. The second kappa shape index (κ2) is 8.91. The molecule has 1 saturated carbocycles. The molecule has 34 heavy (non-hydrogen) atoms. The van der Waals surface area contributed by atoms with Crippen LogP contribution in [0.25, 0.3) is 11.1 Å². The van der Waals surface area contributed by atoms with Crippen LogP contribution in [0.1, 0.15) is 64.1 Å². The van der Waals surface area contributed by atoms with Gasteiger partial charge in [0.15, 0.2) is 0 Å². The van der Waals surface area contributed by atoms with Crippen LogP contribution in [-0.4, -0.2) is 38.4 Å². The number of rotatable bonds is 8. The Bertz CT molecular complexity index is 1150. The highest BCUT2D eigenvalue weighted by atomic mass is 16.6. The number of pyridine rings is 1. The van der Waals surface area contributed by atoms with Crippen LogP contribution < -0.4 is 5.56 Å². The quantitative estimate of drug-likeness (QED) is 0.534. The van der Waals surface area contributed by atoms with Crippen molar-refractivity contribution in [3.05, 3.63) is 83.3 Å². The first-order valence-electron chi connectivity index (χ1n) is 11.9. The molecule has 2 aromatic rings. The van der Waals surface area contributed by atoms with Crippen molar-refractivity contribution in [2.24, 2.45) is 0 Å². The fraction of sp³-hybridized carbons (Fsp3) is 0.429. The summed E-state index contributed by atoms with van der Waals surface area (Å²) in [4.78, 5) is 27.2. The van der Waals surface area contributed by atoms with Gasteiger partial charge in [0.2, 0.25) is 0 Å². The Morgan fingerprint density at radius 1 is 1.24 bits per heavy atom. The average molecular weight is 463 g/mol. The molecular formula is C28H34N2O4. The minimum Gasteiger partial charge on any atom is -0.438 e. The third-order valence-electron chi connectivity index (χ3n) is 6.91. The molecule has 2 heterocycles. The molecule has 1 saturated heterocycles. The lowest BCUT2D eigenvalue weighted by atomic mass is 9.80. The van der Waals surface area contributed by atoms with Crippen LogP contribution in [0.2, 0.25) is 0 Å². The van der Waals surface area contributed by atoms with Gasteiger partial charge in [0.1, 0.15) is 5.60 Å². The number of amides is 1. The summed E-state index contributed by atoms with van der Waals surface area (Å²) < 4.78 is 7.73. The van der Waals surface area contributed by atoms with E-state index in [0.29, 0.717) is 24.6 Å². The van der Waals surface area contributed by atoms with E-state index in [1.165, 1.54) is 0 Å². The van der Waals surface area contributed by atoms with Crippen LogP contribution in [0, 0.1) is 0 Å². The maximum Gasteiger partial charge on any atom is 0.411 e. The Kier molecular flexibility index (Phi) is 6.30. The molecule has 4 rings (SSSR count). The molecular weight excluding hydrogens is 428 g/mol. The normalized spacial score (nSPS) is 21.6. The van der Waals surface area contributed by atoms with Gasteiger partial charge in [-0.15, -0.1) is 0 Å². The van der Waals surface area contributed by atoms with Crippen molar-refractivity contribution in [1.82, 2.24) is 9.47 Å². The highest BCUT2D eigenvalue weighted by Gasteiger charge is 2.46. The van der Waals surface area contributed by atoms with E-state index >= 15 is 0 Å². The second-order valence-corrected chi connectivity index (χ2v) is 10.2. The van der Waals surface area contributed by atoms with Gasteiger partial charge < -0.3 is 19.3 Å². The highest BCUT2D eigenvalue weighted by Crippen LogP contribution is 2.40. The van der Waals surface area contributed by atoms with Crippen molar-refractivity contribution in [2.75, 3.05) is 6.54 Å². The van der Waals surface area contributed by atoms with Crippen LogP contribution in [0.15, 0.2) is 72.2 Å². The summed E-state index contributed by atoms with van der Waals surface area (Å²) in [5.74, 6) is 0. The molecule has 0 radical (unpaired) electrons. The van der Waals surface area contributed by atoms with E-state index in [2.05, 4.69) is 13.2 Å². The van der Waals surface area contributed by atoms with Crippen molar-refractivity contribution in [1.29, 1.82) is 0 Å². The average Bonchev–Trinajstić information content (AvgIpc) is 3.62. The maximum atomic E-state index is 13.1. The molecule has 0 bridgehead atoms. The lowest BCUT2D eigenvalue weighted by molar-refractivity contribution is -0.0743. The lowest BCUT2D eigenvalue weighted by Crippen LogP contribution is -2.53. The van der Waals surface area contributed by atoms with Crippen molar-refractivity contribution >= 4 is 6.09 Å². The minimum absolute atomic E-state index is 0.0316. The van der Waals surface area contributed by atoms with Crippen LogP contribution in [0.3, 0.4) is 0 Å². The molecule has 1 aliphatic carbocycles. The molecule has 1 amide bonds. The van der Waals surface area contributed by atoms with E-state index < -0.39 is 17.3 Å². The topological polar surface area (TPSA) is 71.8 Å². The van der Waals surface area contributed by atoms with E-state index in [1.54, 1.807) is 35.5 Å². The molecule has 6 nitrogen and oxygen atoms in total. The van der Waals surface area contributed by atoms with Gasteiger partial charge in [0.25, 0.3) is 5.56 Å². The van der Waals surface area contributed by atoms with E-state index in [4.69, 9.17) is 4.74 Å².